The maximum Gasteiger partial charge on any atom is 0.254 e. The largest absolute Gasteiger partial charge is 0.339 e. The number of hydrogen-bond donors (Lipinski definition) is 0. The summed E-state index contributed by atoms with van der Waals surface area (Å²) in [6, 6.07) is 15.8. The zero-order chi connectivity index (χ0) is 21.5. The second-order valence-corrected chi connectivity index (χ2v) is 8.87. The van der Waals surface area contributed by atoms with Gasteiger partial charge in [-0.25, -0.2) is 4.98 Å². The number of fused-ring (bicyclic) bond motifs is 1. The quantitative estimate of drug-likeness (QED) is 0.655. The molecule has 0 spiro atoms. The lowest BCUT2D eigenvalue weighted by Crippen LogP contribution is -2.53. The number of carbonyl (C=O) groups excluding carboxylic acids is 2. The Labute approximate surface area is 177 Å². The third kappa shape index (κ3) is 3.70. The molecule has 1 aromatic heterocycles. The van der Waals surface area contributed by atoms with Crippen molar-refractivity contribution in [3.05, 3.63) is 59.9 Å². The number of piperazine rings is 1. The number of para-hydroxylation sites is 1. The van der Waals surface area contributed by atoms with Gasteiger partial charge in [-0.1, -0.05) is 39.0 Å². The smallest absolute Gasteiger partial charge is 0.254 e. The third-order valence-electron chi connectivity index (χ3n) is 5.58. The Balaban J connectivity index is 1.53. The zero-order valence-corrected chi connectivity index (χ0v) is 18.1. The Morgan fingerprint density at radius 2 is 1.53 bits per heavy atom. The van der Waals surface area contributed by atoms with Crippen LogP contribution in [0.4, 0.5) is 0 Å². The molecule has 0 radical (unpaired) electrons. The number of benzene rings is 2. The van der Waals surface area contributed by atoms with Crippen LogP contribution in [-0.4, -0.2) is 57.3 Å². The molecule has 156 valence electrons. The van der Waals surface area contributed by atoms with Gasteiger partial charge in [-0.2, -0.15) is 0 Å². The second kappa shape index (κ2) is 7.59. The molecule has 0 N–H and O–H groups in total. The van der Waals surface area contributed by atoms with Gasteiger partial charge in [-0.3, -0.25) is 14.2 Å². The molecular weight excluding hydrogens is 376 g/mol. The highest BCUT2D eigenvalue weighted by Gasteiger charge is 2.31. The minimum atomic E-state index is -0.396. The molecule has 0 atom stereocenters. The average Bonchev–Trinajstić information content (AvgIpc) is 3.07. The van der Waals surface area contributed by atoms with E-state index in [2.05, 4.69) is 9.55 Å². The molecule has 30 heavy (non-hydrogen) atoms. The van der Waals surface area contributed by atoms with E-state index in [1.54, 1.807) is 0 Å². The predicted octanol–water partition coefficient (Wildman–Crippen LogP) is 3.66. The Morgan fingerprint density at radius 1 is 0.900 bits per heavy atom. The maximum absolute atomic E-state index is 13.1. The topological polar surface area (TPSA) is 58.4 Å². The molecule has 2 aromatic carbocycles. The lowest BCUT2D eigenvalue weighted by atomic mass is 9.94. The lowest BCUT2D eigenvalue weighted by Gasteiger charge is -2.37. The lowest BCUT2D eigenvalue weighted by molar-refractivity contribution is -0.140. The van der Waals surface area contributed by atoms with Gasteiger partial charge < -0.3 is 9.80 Å². The van der Waals surface area contributed by atoms with E-state index in [4.69, 9.17) is 0 Å². The molecule has 0 bridgehead atoms. The van der Waals surface area contributed by atoms with Crippen LogP contribution in [0.3, 0.4) is 0 Å². The first-order chi connectivity index (χ1) is 14.3. The van der Waals surface area contributed by atoms with E-state index >= 15 is 0 Å². The van der Waals surface area contributed by atoms with Crippen molar-refractivity contribution in [3.8, 4) is 5.69 Å². The number of amides is 2. The van der Waals surface area contributed by atoms with E-state index in [9.17, 15) is 9.59 Å². The third-order valence-corrected chi connectivity index (χ3v) is 5.58. The van der Waals surface area contributed by atoms with Crippen molar-refractivity contribution < 1.29 is 9.59 Å². The van der Waals surface area contributed by atoms with Gasteiger partial charge in [0.1, 0.15) is 5.82 Å². The van der Waals surface area contributed by atoms with Crippen LogP contribution in [0.25, 0.3) is 16.7 Å². The summed E-state index contributed by atoms with van der Waals surface area (Å²) in [7, 11) is 0. The number of carbonyl (C=O) groups is 2. The van der Waals surface area contributed by atoms with Gasteiger partial charge in [0.15, 0.2) is 0 Å². The summed E-state index contributed by atoms with van der Waals surface area (Å²) in [5, 5.41) is 0. The van der Waals surface area contributed by atoms with Crippen molar-refractivity contribution in [2.75, 3.05) is 26.2 Å². The van der Waals surface area contributed by atoms with Gasteiger partial charge in [-0.15, -0.1) is 0 Å². The van der Waals surface area contributed by atoms with E-state index in [-0.39, 0.29) is 11.8 Å². The summed E-state index contributed by atoms with van der Waals surface area (Å²) in [6.07, 6.45) is 0. The minimum Gasteiger partial charge on any atom is -0.339 e. The number of hydrogen-bond acceptors (Lipinski definition) is 3. The van der Waals surface area contributed by atoms with Crippen LogP contribution in [0.1, 0.15) is 37.0 Å². The summed E-state index contributed by atoms with van der Waals surface area (Å²) in [5.41, 5.74) is 3.08. The molecule has 2 amide bonds. The zero-order valence-electron chi connectivity index (χ0n) is 18.1. The fraction of sp³-hybridized carbons (Fsp3) is 0.375. The Hall–Kier alpha value is -3.15. The molecular formula is C24H28N4O2. The number of rotatable bonds is 2. The fourth-order valence-electron chi connectivity index (χ4n) is 4.01. The Kier molecular flexibility index (Phi) is 5.10. The molecule has 0 aliphatic carbocycles. The van der Waals surface area contributed by atoms with Gasteiger partial charge >= 0.3 is 0 Å². The molecule has 6 heteroatoms. The number of nitrogens with zero attached hydrogens (tertiary/aromatic N) is 4. The van der Waals surface area contributed by atoms with Crippen LogP contribution < -0.4 is 0 Å². The molecule has 1 fully saturated rings. The van der Waals surface area contributed by atoms with Crippen LogP contribution in [0.5, 0.6) is 0 Å². The van der Waals surface area contributed by atoms with Crippen LogP contribution in [0, 0.1) is 12.3 Å². The van der Waals surface area contributed by atoms with Gasteiger partial charge in [-0.05, 0) is 37.3 Å². The normalized spacial score (nSPS) is 14.9. The SMILES string of the molecule is Cc1nc2cc(C(=O)N3CCN(C(=O)C(C)(C)C)CC3)ccc2n1-c1ccccc1. The Bertz CT molecular complexity index is 1090. The highest BCUT2D eigenvalue weighted by atomic mass is 16.2. The van der Waals surface area contributed by atoms with E-state index < -0.39 is 5.41 Å². The van der Waals surface area contributed by atoms with Crippen molar-refractivity contribution in [2.24, 2.45) is 5.41 Å². The van der Waals surface area contributed by atoms with Gasteiger partial charge in [0.05, 0.1) is 11.0 Å². The molecule has 0 saturated carbocycles. The van der Waals surface area contributed by atoms with E-state index in [0.29, 0.717) is 31.7 Å². The minimum absolute atomic E-state index is 0.00771. The molecule has 6 nitrogen and oxygen atoms in total. The fourth-order valence-corrected chi connectivity index (χ4v) is 4.01. The summed E-state index contributed by atoms with van der Waals surface area (Å²) in [6.45, 7) is 10.0. The van der Waals surface area contributed by atoms with Gasteiger partial charge in [0.2, 0.25) is 5.91 Å². The first-order valence-electron chi connectivity index (χ1n) is 10.4. The van der Waals surface area contributed by atoms with Crippen LogP contribution in [0.15, 0.2) is 48.5 Å². The summed E-state index contributed by atoms with van der Waals surface area (Å²) < 4.78 is 2.10. The molecule has 0 unspecified atom stereocenters. The van der Waals surface area contributed by atoms with Crippen LogP contribution in [-0.2, 0) is 4.79 Å². The van der Waals surface area contributed by atoms with Gasteiger partial charge in [0, 0.05) is 42.8 Å². The maximum atomic E-state index is 13.1. The average molecular weight is 405 g/mol. The van der Waals surface area contributed by atoms with Crippen molar-refractivity contribution >= 4 is 22.8 Å². The monoisotopic (exact) mass is 404 g/mol. The highest BCUT2D eigenvalue weighted by molar-refractivity contribution is 5.98. The van der Waals surface area contributed by atoms with Crippen molar-refractivity contribution in [1.29, 1.82) is 0 Å². The highest BCUT2D eigenvalue weighted by Crippen LogP contribution is 2.24. The van der Waals surface area contributed by atoms with Crippen molar-refractivity contribution in [3.63, 3.8) is 0 Å². The van der Waals surface area contributed by atoms with E-state index in [0.717, 1.165) is 22.5 Å². The summed E-state index contributed by atoms with van der Waals surface area (Å²) >= 11 is 0. The number of aromatic nitrogens is 2. The van der Waals surface area contributed by atoms with Crippen molar-refractivity contribution in [2.45, 2.75) is 27.7 Å². The molecule has 3 aromatic rings. The summed E-state index contributed by atoms with van der Waals surface area (Å²) in [5.74, 6) is 1.01. The standard InChI is InChI=1S/C24H28N4O2/c1-17-25-20-16-18(10-11-21(20)28(17)19-8-6-5-7-9-19)22(29)26-12-14-27(15-13-26)23(30)24(2,3)4/h5-11,16H,12-15H2,1-4H3. The summed E-state index contributed by atoms with van der Waals surface area (Å²) in [4.78, 5) is 33.9. The molecule has 1 aliphatic heterocycles. The molecule has 2 heterocycles. The molecule has 1 saturated heterocycles. The first-order valence-corrected chi connectivity index (χ1v) is 10.4. The predicted molar refractivity (Wildman–Crippen MR) is 118 cm³/mol. The Morgan fingerprint density at radius 3 is 2.17 bits per heavy atom. The molecule has 1 aliphatic rings. The molecule has 4 rings (SSSR count). The van der Waals surface area contributed by atoms with Crippen LogP contribution >= 0.6 is 0 Å². The van der Waals surface area contributed by atoms with E-state index in [1.807, 2.05) is 86.0 Å². The second-order valence-electron chi connectivity index (χ2n) is 8.87. The van der Waals surface area contributed by atoms with Gasteiger partial charge in [0.25, 0.3) is 5.91 Å². The van der Waals surface area contributed by atoms with Crippen molar-refractivity contribution in [1.82, 2.24) is 19.4 Å². The number of aryl methyl sites for hydroxylation is 1. The van der Waals surface area contributed by atoms with Crippen LogP contribution in [0.2, 0.25) is 0 Å². The number of imidazole rings is 1. The van der Waals surface area contributed by atoms with E-state index in [1.165, 1.54) is 0 Å². The first kappa shape index (κ1) is 20.1.